The normalized spacial score (nSPS) is 0. The summed E-state index contributed by atoms with van der Waals surface area (Å²) in [5, 5.41) is 0. The Morgan fingerprint density at radius 2 is 0.600 bits per heavy atom. The van der Waals surface area contributed by atoms with E-state index in [1.807, 2.05) is 0 Å². The van der Waals surface area contributed by atoms with Crippen LogP contribution in [0.5, 0.6) is 0 Å². The summed E-state index contributed by atoms with van der Waals surface area (Å²) >= 11 is 0. The Labute approximate surface area is 124 Å². The zero-order valence-electron chi connectivity index (χ0n) is 9.02. The van der Waals surface area contributed by atoms with Gasteiger partial charge in [-0.1, -0.05) is 0 Å². The van der Waals surface area contributed by atoms with Crippen LogP contribution >= 0.6 is 0 Å². The van der Waals surface area contributed by atoms with Gasteiger partial charge in [0.1, 0.15) is 0 Å². The number of hydrogen-bond acceptors (Lipinski definition) is 0. The Kier molecular flexibility index (Phi) is 179. The van der Waals surface area contributed by atoms with Gasteiger partial charge in [0.05, 0.1) is 0 Å². The number of hydrogen-bond donors (Lipinski definition) is 0. The Bertz CT molecular complexity index is 15.8. The van der Waals surface area contributed by atoms with Crippen molar-refractivity contribution in [3.63, 3.8) is 0 Å². The zero-order valence-corrected chi connectivity index (χ0v) is 12.4. The van der Waals surface area contributed by atoms with E-state index < -0.39 is 0 Å². The molecule has 0 nitrogen and oxygen atoms in total. The molecule has 5 heavy (non-hydrogen) atoms. The maximum Gasteiger partial charge on any atom is 2.00 e. The molecule has 0 spiro atoms. The second kappa shape index (κ2) is 24.6. The quantitative estimate of drug-likeness (QED) is 0.490. The average Bonchev–Trinajstić information content (AvgIpc) is 0. The molecule has 0 aromatic rings. The van der Waals surface area contributed by atoms with Gasteiger partial charge in [0.2, 0.25) is 0 Å². The Morgan fingerprint density at radius 1 is 0.600 bits per heavy atom. The summed E-state index contributed by atoms with van der Waals surface area (Å²) in [6.07, 6.45) is 0. The Balaban J connectivity index is 0. The van der Waals surface area contributed by atoms with Crippen LogP contribution < -0.4 is 0 Å². The summed E-state index contributed by atoms with van der Waals surface area (Å²) in [5.41, 5.74) is 0. The summed E-state index contributed by atoms with van der Waals surface area (Å²) in [7, 11) is 0. The van der Waals surface area contributed by atoms with Crippen molar-refractivity contribution < 1.29 is 8.56 Å². The molecule has 0 aliphatic rings. The molecule has 0 aromatic carbocycles. The van der Waals surface area contributed by atoms with Gasteiger partial charge >= 0.3 is 69.2 Å². The third-order valence-corrected chi connectivity index (χ3v) is 0. The predicted octanol–water partition coefficient (Wildman–Crippen LogP) is -1.23. The van der Waals surface area contributed by atoms with Crippen molar-refractivity contribution in [1.82, 2.24) is 0 Å². The van der Waals surface area contributed by atoms with E-state index in [1.54, 1.807) is 0 Å². The standard InChI is InChI=1S/3Mg.2Sb.6H/q3*+2;;;6*-1. The van der Waals surface area contributed by atoms with Gasteiger partial charge in [0.25, 0.3) is 0 Å². The van der Waals surface area contributed by atoms with Gasteiger partial charge in [0.15, 0.2) is 0 Å². The third kappa shape index (κ3) is 18.1. The molecule has 0 aliphatic heterocycles. The first-order valence-electron chi connectivity index (χ1n) is 0. The summed E-state index contributed by atoms with van der Waals surface area (Å²) in [6, 6.07) is 0. The van der Waals surface area contributed by atoms with Crippen molar-refractivity contribution in [3.8, 4) is 0 Å². The summed E-state index contributed by atoms with van der Waals surface area (Å²) in [5.74, 6) is 0. The van der Waals surface area contributed by atoms with Crippen LogP contribution in [0.3, 0.4) is 0 Å². The molecule has 0 fully saturated rings. The van der Waals surface area contributed by atoms with Crippen LogP contribution in [-0.4, -0.2) is 118 Å². The molecule has 0 atom stereocenters. The van der Waals surface area contributed by atoms with E-state index in [4.69, 9.17) is 0 Å². The largest absolute Gasteiger partial charge is 2.00 e. The van der Waals surface area contributed by atoms with Crippen molar-refractivity contribution in [1.29, 1.82) is 0 Å². The maximum atomic E-state index is 0. The molecule has 0 unspecified atom stereocenters. The Morgan fingerprint density at radius 3 is 0.600 bits per heavy atom. The predicted molar refractivity (Wildman–Crippen MR) is 35.4 cm³/mol. The molecule has 0 saturated heterocycles. The van der Waals surface area contributed by atoms with Gasteiger partial charge in [-0.25, -0.2) is 0 Å². The van der Waals surface area contributed by atoms with Crippen LogP contribution in [0.15, 0.2) is 0 Å². The van der Waals surface area contributed by atoms with E-state index in [0.717, 1.165) is 0 Å². The molecule has 0 bridgehead atoms. The minimum Gasteiger partial charge on any atom is -1.00 e. The molecule has 0 amide bonds. The first kappa shape index (κ1) is 36.3. The smallest absolute Gasteiger partial charge is 1.00 e. The van der Waals surface area contributed by atoms with E-state index in [0.29, 0.717) is 0 Å². The molecular formula is H6Mg3Sb2. The molecule has 0 rings (SSSR count). The second-order valence-electron chi connectivity index (χ2n) is 0. The van der Waals surface area contributed by atoms with Gasteiger partial charge in [-0.2, -0.15) is 0 Å². The van der Waals surface area contributed by atoms with Crippen molar-refractivity contribution >= 4 is 118 Å². The average molecular weight is 322 g/mol. The zero-order chi connectivity index (χ0) is 0. The van der Waals surface area contributed by atoms with Crippen LogP contribution in [0.4, 0.5) is 0 Å². The van der Waals surface area contributed by atoms with Crippen molar-refractivity contribution in [3.05, 3.63) is 0 Å². The third-order valence-electron chi connectivity index (χ3n) is 0. The molecule has 0 aromatic heterocycles. The summed E-state index contributed by atoms with van der Waals surface area (Å²) < 4.78 is 0. The van der Waals surface area contributed by atoms with Crippen LogP contribution in [0.2, 0.25) is 0 Å². The van der Waals surface area contributed by atoms with Gasteiger partial charge in [-0.05, 0) is 0 Å². The fourth-order valence-electron chi connectivity index (χ4n) is 0. The van der Waals surface area contributed by atoms with E-state index >= 15 is 0 Å². The minimum absolute atomic E-state index is 0. The first-order valence-corrected chi connectivity index (χ1v) is 0. The van der Waals surface area contributed by atoms with E-state index in [2.05, 4.69) is 0 Å². The molecule has 0 aliphatic carbocycles. The Hall–Kier alpha value is 3.94. The van der Waals surface area contributed by atoms with Crippen molar-refractivity contribution in [2.75, 3.05) is 0 Å². The molecule has 22 valence electrons. The molecule has 5 heteroatoms. The monoisotopic (exact) mass is 320 g/mol. The first-order chi connectivity index (χ1) is 0. The summed E-state index contributed by atoms with van der Waals surface area (Å²) in [6.45, 7) is 0. The van der Waals surface area contributed by atoms with Gasteiger partial charge in [-0.3, -0.25) is 0 Å². The summed E-state index contributed by atoms with van der Waals surface area (Å²) in [4.78, 5) is 0. The molecule has 0 heterocycles. The van der Waals surface area contributed by atoms with Crippen molar-refractivity contribution in [2.24, 2.45) is 0 Å². The van der Waals surface area contributed by atoms with Crippen LogP contribution in [0.25, 0.3) is 0 Å². The van der Waals surface area contributed by atoms with E-state index in [9.17, 15) is 0 Å². The topological polar surface area (TPSA) is 0 Å². The molecule has 0 N–H and O–H groups in total. The minimum atomic E-state index is 0. The van der Waals surface area contributed by atoms with E-state index in [1.165, 1.54) is 0 Å². The van der Waals surface area contributed by atoms with Gasteiger partial charge < -0.3 is 8.56 Å². The SMILES string of the molecule is [H-].[H-].[H-].[H-].[H-].[H-].[Mg+2].[Mg+2].[Mg+2].[Sb].[Sb]. The van der Waals surface area contributed by atoms with Crippen LogP contribution in [-0.2, 0) is 0 Å². The molecule has 0 saturated carbocycles. The van der Waals surface area contributed by atoms with Gasteiger partial charge in [0, 0.05) is 48.9 Å². The van der Waals surface area contributed by atoms with Gasteiger partial charge in [-0.15, -0.1) is 0 Å². The molecule has 6 radical (unpaired) electrons. The van der Waals surface area contributed by atoms with E-state index in [-0.39, 0.29) is 127 Å². The van der Waals surface area contributed by atoms with Crippen LogP contribution in [0, 0.1) is 0 Å². The van der Waals surface area contributed by atoms with Crippen molar-refractivity contribution in [2.45, 2.75) is 0 Å². The number of rotatable bonds is 0. The second-order valence-corrected chi connectivity index (χ2v) is 0. The maximum absolute atomic E-state index is 0. The fraction of sp³-hybridized carbons (Fsp3) is 0. The molecular weight excluding hydrogens is 316 g/mol. The van der Waals surface area contributed by atoms with Crippen LogP contribution in [0.1, 0.15) is 8.56 Å². The fourth-order valence-corrected chi connectivity index (χ4v) is 0.